The van der Waals surface area contributed by atoms with Crippen LogP contribution in [0.2, 0.25) is 0 Å². The summed E-state index contributed by atoms with van der Waals surface area (Å²) < 4.78 is 0. The first-order chi connectivity index (χ1) is 7.74. The maximum Gasteiger partial charge on any atom is 0.0461 e. The largest absolute Gasteiger partial charge is 0.355 e. The van der Waals surface area contributed by atoms with Crippen molar-refractivity contribution in [2.24, 2.45) is 0 Å². The van der Waals surface area contributed by atoms with Crippen LogP contribution >= 0.6 is 0 Å². The molecule has 0 radical (unpaired) electrons. The van der Waals surface area contributed by atoms with Gasteiger partial charge in [0.05, 0.1) is 0 Å². The number of benzene rings is 1. The molecule has 1 nitrogen and oxygen atoms in total. The number of H-pyrrole nitrogens is 1. The van der Waals surface area contributed by atoms with Gasteiger partial charge < -0.3 is 4.98 Å². The van der Waals surface area contributed by atoms with Crippen LogP contribution in [0.15, 0.2) is 35.9 Å². The van der Waals surface area contributed by atoms with Crippen molar-refractivity contribution in [1.82, 2.24) is 4.98 Å². The Hall–Kier alpha value is -1.76. The van der Waals surface area contributed by atoms with Crippen molar-refractivity contribution in [3.05, 3.63) is 52.7 Å². The van der Waals surface area contributed by atoms with Crippen LogP contribution in [0.4, 0.5) is 0 Å². The molecule has 16 heavy (non-hydrogen) atoms. The van der Waals surface area contributed by atoms with Gasteiger partial charge in [-0.05, 0) is 44.0 Å². The van der Waals surface area contributed by atoms with Crippen LogP contribution in [0, 0.1) is 6.92 Å². The molecule has 1 heteroatoms. The summed E-state index contributed by atoms with van der Waals surface area (Å²) in [5, 5.41) is 1.37. The Morgan fingerprint density at radius 1 is 1.12 bits per heavy atom. The van der Waals surface area contributed by atoms with Crippen LogP contribution in [-0.4, -0.2) is 4.98 Å². The zero-order valence-corrected chi connectivity index (χ0v) is 9.67. The molecule has 0 saturated heterocycles. The summed E-state index contributed by atoms with van der Waals surface area (Å²) in [5.41, 5.74) is 6.59. The normalized spacial score (nSPS) is 14.8. The van der Waals surface area contributed by atoms with Crippen LogP contribution in [-0.2, 0) is 6.42 Å². The summed E-state index contributed by atoms with van der Waals surface area (Å²) in [4.78, 5) is 3.48. The first-order valence-electron chi connectivity index (χ1n) is 5.70. The summed E-state index contributed by atoms with van der Waals surface area (Å²) >= 11 is 0. The predicted octanol–water partition coefficient (Wildman–Crippen LogP) is 3.99. The molecule has 0 bridgehead atoms. The fraction of sp³-hybridized carbons (Fsp3) is 0.200. The number of allylic oxidation sites excluding steroid dienone is 3. The standard InChI is InChI=1S/C15H15N/c1-10-3-6-12-13-9-11(2)5-8-15(13)16-14(12)7-4-10/h3-5,7-9,16H,6H2,1-2H3. The van der Waals surface area contributed by atoms with Crippen LogP contribution in [0.25, 0.3) is 17.0 Å². The highest BCUT2D eigenvalue weighted by Gasteiger charge is 2.10. The summed E-state index contributed by atoms with van der Waals surface area (Å²) in [6.07, 6.45) is 7.67. The minimum Gasteiger partial charge on any atom is -0.355 e. The highest BCUT2D eigenvalue weighted by atomic mass is 14.7. The van der Waals surface area contributed by atoms with Crippen molar-refractivity contribution < 1.29 is 0 Å². The number of aryl methyl sites for hydroxylation is 1. The molecule has 0 fully saturated rings. The molecule has 1 aromatic heterocycles. The molecule has 0 spiro atoms. The molecule has 1 aliphatic rings. The van der Waals surface area contributed by atoms with Gasteiger partial charge in [-0.2, -0.15) is 0 Å². The molecule has 0 aliphatic heterocycles. The van der Waals surface area contributed by atoms with E-state index in [1.807, 2.05) is 0 Å². The molecule has 1 aliphatic carbocycles. The van der Waals surface area contributed by atoms with Crippen molar-refractivity contribution >= 4 is 17.0 Å². The first kappa shape index (κ1) is 9.46. The van der Waals surface area contributed by atoms with Gasteiger partial charge in [-0.25, -0.2) is 0 Å². The lowest BCUT2D eigenvalue weighted by Crippen LogP contribution is -1.82. The van der Waals surface area contributed by atoms with Gasteiger partial charge in [-0.1, -0.05) is 29.4 Å². The second-order valence-corrected chi connectivity index (χ2v) is 4.55. The molecule has 0 amide bonds. The smallest absolute Gasteiger partial charge is 0.0461 e. The Labute approximate surface area is 95.5 Å². The fourth-order valence-electron chi connectivity index (χ4n) is 2.29. The van der Waals surface area contributed by atoms with Crippen molar-refractivity contribution in [3.8, 4) is 0 Å². The van der Waals surface area contributed by atoms with E-state index < -0.39 is 0 Å². The van der Waals surface area contributed by atoms with E-state index in [0.717, 1.165) is 6.42 Å². The van der Waals surface area contributed by atoms with Gasteiger partial charge in [0.15, 0.2) is 0 Å². The molecular formula is C15H15N. The van der Waals surface area contributed by atoms with Gasteiger partial charge in [-0.15, -0.1) is 0 Å². The van der Waals surface area contributed by atoms with E-state index in [2.05, 4.69) is 55.3 Å². The second-order valence-electron chi connectivity index (χ2n) is 4.55. The maximum atomic E-state index is 3.48. The molecule has 3 rings (SSSR count). The fourth-order valence-corrected chi connectivity index (χ4v) is 2.29. The lowest BCUT2D eigenvalue weighted by atomic mass is 10.1. The summed E-state index contributed by atoms with van der Waals surface area (Å²) in [6.45, 7) is 4.29. The first-order valence-corrected chi connectivity index (χ1v) is 5.70. The Morgan fingerprint density at radius 2 is 2.00 bits per heavy atom. The van der Waals surface area contributed by atoms with Gasteiger partial charge in [0, 0.05) is 16.6 Å². The summed E-state index contributed by atoms with van der Waals surface area (Å²) in [6, 6.07) is 6.60. The van der Waals surface area contributed by atoms with Gasteiger partial charge in [0.1, 0.15) is 0 Å². The molecular weight excluding hydrogens is 194 g/mol. The molecule has 80 valence electrons. The Kier molecular flexibility index (Phi) is 2.00. The Balaban J connectivity index is 2.29. The van der Waals surface area contributed by atoms with Crippen molar-refractivity contribution in [1.29, 1.82) is 0 Å². The number of aromatic nitrogens is 1. The Bertz CT molecular complexity index is 612. The minimum atomic E-state index is 1.03. The monoisotopic (exact) mass is 209 g/mol. The van der Waals surface area contributed by atoms with Gasteiger partial charge in [-0.3, -0.25) is 0 Å². The van der Waals surface area contributed by atoms with E-state index >= 15 is 0 Å². The molecule has 0 saturated carbocycles. The number of aromatic amines is 1. The van der Waals surface area contributed by atoms with Gasteiger partial charge in [0.25, 0.3) is 0 Å². The summed E-state index contributed by atoms with van der Waals surface area (Å²) in [7, 11) is 0. The van der Waals surface area contributed by atoms with E-state index in [-0.39, 0.29) is 0 Å². The highest BCUT2D eigenvalue weighted by Crippen LogP contribution is 2.27. The molecule has 2 aromatic rings. The second kappa shape index (κ2) is 3.38. The average Bonchev–Trinajstić information content (AvgIpc) is 2.50. The number of hydrogen-bond acceptors (Lipinski definition) is 0. The molecule has 0 atom stereocenters. The molecule has 1 N–H and O–H groups in total. The van der Waals surface area contributed by atoms with E-state index in [9.17, 15) is 0 Å². The Morgan fingerprint density at radius 3 is 2.88 bits per heavy atom. The van der Waals surface area contributed by atoms with E-state index in [4.69, 9.17) is 0 Å². The van der Waals surface area contributed by atoms with Crippen LogP contribution in [0.1, 0.15) is 23.7 Å². The average molecular weight is 209 g/mol. The summed E-state index contributed by atoms with van der Waals surface area (Å²) in [5.74, 6) is 0. The van der Waals surface area contributed by atoms with Crippen LogP contribution in [0.3, 0.4) is 0 Å². The third-order valence-electron chi connectivity index (χ3n) is 3.24. The zero-order valence-electron chi connectivity index (χ0n) is 9.67. The molecule has 0 unspecified atom stereocenters. The lowest BCUT2D eigenvalue weighted by Gasteiger charge is -1.97. The zero-order chi connectivity index (χ0) is 11.1. The van der Waals surface area contributed by atoms with Gasteiger partial charge >= 0.3 is 0 Å². The maximum absolute atomic E-state index is 3.48. The number of nitrogens with one attached hydrogen (secondary N) is 1. The van der Waals surface area contributed by atoms with Crippen molar-refractivity contribution in [2.45, 2.75) is 20.3 Å². The van der Waals surface area contributed by atoms with Crippen molar-refractivity contribution in [2.75, 3.05) is 0 Å². The quantitative estimate of drug-likeness (QED) is 0.675. The number of rotatable bonds is 0. The van der Waals surface area contributed by atoms with Crippen LogP contribution in [0.5, 0.6) is 0 Å². The SMILES string of the molecule is CC1=CCc2c([nH]c3ccc(C)cc23)C=C1. The van der Waals surface area contributed by atoms with E-state index in [0.29, 0.717) is 0 Å². The highest BCUT2D eigenvalue weighted by molar-refractivity contribution is 5.88. The molecule has 1 aromatic carbocycles. The van der Waals surface area contributed by atoms with Crippen LogP contribution < -0.4 is 0 Å². The predicted molar refractivity (Wildman–Crippen MR) is 69.5 cm³/mol. The van der Waals surface area contributed by atoms with Gasteiger partial charge in [0.2, 0.25) is 0 Å². The van der Waals surface area contributed by atoms with Crippen molar-refractivity contribution in [3.63, 3.8) is 0 Å². The number of hydrogen-bond donors (Lipinski definition) is 1. The topological polar surface area (TPSA) is 15.8 Å². The van der Waals surface area contributed by atoms with E-state index in [1.54, 1.807) is 0 Å². The third kappa shape index (κ3) is 1.40. The van der Waals surface area contributed by atoms with E-state index in [1.165, 1.54) is 33.3 Å². The minimum absolute atomic E-state index is 1.03. The molecule has 1 heterocycles. The lowest BCUT2D eigenvalue weighted by molar-refractivity contribution is 1.25. The number of fused-ring (bicyclic) bond motifs is 3. The third-order valence-corrected chi connectivity index (χ3v) is 3.24.